The van der Waals surface area contributed by atoms with E-state index in [1.54, 1.807) is 12.1 Å². The number of fused-ring (bicyclic) bond motifs is 2. The number of rotatable bonds is 2. The van der Waals surface area contributed by atoms with Crippen LogP contribution in [0.25, 0.3) is 0 Å². The van der Waals surface area contributed by atoms with Gasteiger partial charge < -0.3 is 4.90 Å². The molecule has 1 aromatic rings. The molecule has 0 unspecified atom stereocenters. The van der Waals surface area contributed by atoms with Crippen LogP contribution in [0.1, 0.15) is 26.2 Å². The van der Waals surface area contributed by atoms with E-state index in [2.05, 4.69) is 27.8 Å². The van der Waals surface area contributed by atoms with Gasteiger partial charge in [-0.1, -0.05) is 22.9 Å². The molecule has 0 spiro atoms. The normalized spacial score (nSPS) is 29.9. The fourth-order valence-corrected chi connectivity index (χ4v) is 3.62. The quantitative estimate of drug-likeness (QED) is 0.617. The van der Waals surface area contributed by atoms with Crippen LogP contribution < -0.4 is 4.90 Å². The zero-order valence-electron chi connectivity index (χ0n) is 10.2. The molecule has 0 radical (unpaired) electrons. The summed E-state index contributed by atoms with van der Waals surface area (Å²) in [5.41, 5.74) is 1.47. The molecular formula is C13H15BrN2O2. The number of piperidine rings is 2. The average Bonchev–Trinajstić information content (AvgIpc) is 2.27. The maximum Gasteiger partial charge on any atom is 0.292 e. The van der Waals surface area contributed by atoms with Gasteiger partial charge in [-0.15, -0.1) is 0 Å². The first-order valence-corrected chi connectivity index (χ1v) is 6.98. The molecule has 1 saturated carbocycles. The molecule has 2 heterocycles. The summed E-state index contributed by atoms with van der Waals surface area (Å²) in [5, 5.41) is 11.1. The third kappa shape index (κ3) is 1.81. The van der Waals surface area contributed by atoms with Crippen molar-refractivity contribution in [1.82, 2.24) is 0 Å². The summed E-state index contributed by atoms with van der Waals surface area (Å²) in [6.07, 6.45) is 3.46. The highest BCUT2D eigenvalue weighted by Crippen LogP contribution is 2.52. The van der Waals surface area contributed by atoms with Crippen molar-refractivity contribution >= 4 is 27.3 Å². The summed E-state index contributed by atoms with van der Waals surface area (Å²) in [7, 11) is 0. The number of benzene rings is 1. The van der Waals surface area contributed by atoms with E-state index in [-0.39, 0.29) is 10.6 Å². The van der Waals surface area contributed by atoms with Gasteiger partial charge in [-0.05, 0) is 36.8 Å². The maximum atomic E-state index is 11.1. The summed E-state index contributed by atoms with van der Waals surface area (Å²) in [6, 6.07) is 5.68. The molecule has 3 fully saturated rings. The predicted octanol–water partition coefficient (Wildman–Crippen LogP) is 3.74. The summed E-state index contributed by atoms with van der Waals surface area (Å²) in [6.45, 7) is 3.24. The SMILES string of the molecule is CC12CCN(c3cc(Br)ccc3[N+](=O)[O-])C(C1)C2. The second kappa shape index (κ2) is 3.95. The molecule has 96 valence electrons. The van der Waals surface area contributed by atoms with E-state index < -0.39 is 0 Å². The van der Waals surface area contributed by atoms with Crippen LogP contribution in [-0.4, -0.2) is 17.5 Å². The molecule has 2 saturated heterocycles. The van der Waals surface area contributed by atoms with E-state index in [4.69, 9.17) is 0 Å². The highest BCUT2D eigenvalue weighted by molar-refractivity contribution is 9.10. The Kier molecular flexibility index (Phi) is 2.62. The molecular weight excluding hydrogens is 296 g/mol. The number of hydrogen-bond donors (Lipinski definition) is 0. The molecule has 4 nitrogen and oxygen atoms in total. The first kappa shape index (κ1) is 12.0. The molecule has 0 amide bonds. The highest BCUT2D eigenvalue weighted by Gasteiger charge is 2.48. The zero-order valence-corrected chi connectivity index (χ0v) is 11.8. The van der Waals surface area contributed by atoms with Crippen molar-refractivity contribution in [2.45, 2.75) is 32.2 Å². The molecule has 18 heavy (non-hydrogen) atoms. The Labute approximate surface area is 114 Å². The van der Waals surface area contributed by atoms with Gasteiger partial charge in [-0.25, -0.2) is 0 Å². The summed E-state index contributed by atoms with van der Waals surface area (Å²) in [4.78, 5) is 13.1. The molecule has 1 aromatic carbocycles. The van der Waals surface area contributed by atoms with Gasteiger partial charge in [0, 0.05) is 23.1 Å². The van der Waals surface area contributed by atoms with Crippen molar-refractivity contribution in [2.24, 2.45) is 5.41 Å². The fraction of sp³-hybridized carbons (Fsp3) is 0.538. The lowest BCUT2D eigenvalue weighted by atomic mass is 9.61. The minimum absolute atomic E-state index is 0.216. The first-order valence-electron chi connectivity index (χ1n) is 6.19. The molecule has 0 N–H and O–H groups in total. The van der Waals surface area contributed by atoms with Crippen molar-refractivity contribution in [3.63, 3.8) is 0 Å². The van der Waals surface area contributed by atoms with Crippen molar-refractivity contribution < 1.29 is 4.92 Å². The van der Waals surface area contributed by atoms with Crippen LogP contribution in [0.5, 0.6) is 0 Å². The van der Waals surface area contributed by atoms with Crippen molar-refractivity contribution in [2.75, 3.05) is 11.4 Å². The van der Waals surface area contributed by atoms with Crippen LogP contribution in [0, 0.1) is 15.5 Å². The average molecular weight is 311 g/mol. The molecule has 3 aliphatic rings. The van der Waals surface area contributed by atoms with Crippen LogP contribution in [0.2, 0.25) is 0 Å². The monoisotopic (exact) mass is 310 g/mol. The van der Waals surface area contributed by atoms with Crippen LogP contribution in [0.4, 0.5) is 11.4 Å². The van der Waals surface area contributed by atoms with Crippen molar-refractivity contribution in [1.29, 1.82) is 0 Å². The minimum Gasteiger partial charge on any atom is -0.363 e. The molecule has 5 heteroatoms. The second-order valence-corrected chi connectivity index (χ2v) is 6.62. The lowest BCUT2D eigenvalue weighted by Crippen LogP contribution is -2.57. The lowest BCUT2D eigenvalue weighted by Gasteiger charge is -2.56. The first-order chi connectivity index (χ1) is 8.48. The number of nitrogens with zero attached hydrogens (tertiary/aromatic N) is 2. The number of anilines is 1. The molecule has 1 aliphatic carbocycles. The van der Waals surface area contributed by atoms with Gasteiger partial charge in [0.2, 0.25) is 0 Å². The van der Waals surface area contributed by atoms with Crippen LogP contribution >= 0.6 is 15.9 Å². The Balaban J connectivity index is 1.96. The van der Waals surface area contributed by atoms with E-state index in [0.29, 0.717) is 11.5 Å². The minimum atomic E-state index is -0.283. The van der Waals surface area contributed by atoms with E-state index in [1.165, 1.54) is 0 Å². The van der Waals surface area contributed by atoms with Crippen LogP contribution in [0.15, 0.2) is 22.7 Å². The van der Waals surface area contributed by atoms with Gasteiger partial charge in [-0.2, -0.15) is 0 Å². The molecule has 0 atom stereocenters. The molecule has 0 aromatic heterocycles. The smallest absolute Gasteiger partial charge is 0.292 e. The van der Waals surface area contributed by atoms with Crippen molar-refractivity contribution in [3.05, 3.63) is 32.8 Å². The summed E-state index contributed by atoms with van der Waals surface area (Å²) < 4.78 is 0.899. The third-order valence-corrected chi connectivity index (χ3v) is 4.79. The Hall–Kier alpha value is -1.10. The number of halogens is 1. The largest absolute Gasteiger partial charge is 0.363 e. The van der Waals surface area contributed by atoms with Gasteiger partial charge in [-0.3, -0.25) is 10.1 Å². The summed E-state index contributed by atoms with van der Waals surface area (Å²) in [5.74, 6) is 0. The third-order valence-electron chi connectivity index (χ3n) is 4.30. The topological polar surface area (TPSA) is 46.4 Å². The van der Waals surface area contributed by atoms with E-state index >= 15 is 0 Å². The molecule has 4 rings (SSSR count). The lowest BCUT2D eigenvalue weighted by molar-refractivity contribution is -0.384. The standard InChI is InChI=1S/C13H15BrN2O2/c1-13-4-5-15(10(7-13)8-13)12-6-9(14)2-3-11(12)16(17)18/h2-3,6,10H,4-5,7-8H2,1H3. The zero-order chi connectivity index (χ0) is 12.9. The Morgan fingerprint density at radius 1 is 1.50 bits per heavy atom. The fourth-order valence-electron chi connectivity index (χ4n) is 3.27. The number of nitro benzene ring substituents is 1. The maximum absolute atomic E-state index is 11.1. The predicted molar refractivity (Wildman–Crippen MR) is 73.9 cm³/mol. The number of hydrogen-bond acceptors (Lipinski definition) is 3. The van der Waals surface area contributed by atoms with Gasteiger partial charge in [0.25, 0.3) is 5.69 Å². The second-order valence-electron chi connectivity index (χ2n) is 5.71. The van der Waals surface area contributed by atoms with Gasteiger partial charge in [0.05, 0.1) is 4.92 Å². The molecule has 2 aliphatic heterocycles. The van der Waals surface area contributed by atoms with E-state index in [1.807, 2.05) is 6.07 Å². The van der Waals surface area contributed by atoms with Crippen LogP contribution in [0.3, 0.4) is 0 Å². The van der Waals surface area contributed by atoms with E-state index in [9.17, 15) is 10.1 Å². The van der Waals surface area contributed by atoms with Gasteiger partial charge >= 0.3 is 0 Å². The van der Waals surface area contributed by atoms with Gasteiger partial charge in [0.1, 0.15) is 5.69 Å². The highest BCUT2D eigenvalue weighted by atomic mass is 79.9. The van der Waals surface area contributed by atoms with Gasteiger partial charge in [0.15, 0.2) is 0 Å². The number of nitro groups is 1. The Morgan fingerprint density at radius 2 is 2.22 bits per heavy atom. The van der Waals surface area contributed by atoms with Crippen LogP contribution in [-0.2, 0) is 0 Å². The van der Waals surface area contributed by atoms with E-state index in [0.717, 1.165) is 36.0 Å². The molecule has 2 bridgehead atoms. The summed E-state index contributed by atoms with van der Waals surface area (Å²) >= 11 is 3.41. The Morgan fingerprint density at radius 3 is 2.78 bits per heavy atom. The van der Waals surface area contributed by atoms with Crippen molar-refractivity contribution in [3.8, 4) is 0 Å². The Bertz CT molecular complexity index is 506.